The van der Waals surface area contributed by atoms with E-state index in [0.29, 0.717) is 25.0 Å². The van der Waals surface area contributed by atoms with Gasteiger partial charge < -0.3 is 10.4 Å². The highest BCUT2D eigenvalue weighted by Crippen LogP contribution is 2.36. The second-order valence-corrected chi connectivity index (χ2v) is 6.88. The first kappa shape index (κ1) is 15.3. The van der Waals surface area contributed by atoms with Gasteiger partial charge in [0.25, 0.3) is 0 Å². The molecule has 2 aliphatic rings. The number of carbonyl (C=O) groups is 1. The third-order valence-corrected chi connectivity index (χ3v) is 5.25. The number of nitrogens with one attached hydrogen (secondary N) is 1. The third-order valence-electron chi connectivity index (χ3n) is 5.25. The molecule has 1 amide bonds. The predicted molar refractivity (Wildman–Crippen MR) is 89.4 cm³/mol. The van der Waals surface area contributed by atoms with E-state index in [4.69, 9.17) is 0 Å². The number of hydrogen-bond donors (Lipinski definition) is 2. The predicted octanol–water partition coefficient (Wildman–Crippen LogP) is 2.56. The molecule has 1 aromatic heterocycles. The van der Waals surface area contributed by atoms with E-state index in [1.807, 2.05) is 24.3 Å². The summed E-state index contributed by atoms with van der Waals surface area (Å²) in [7, 11) is 0. The van der Waals surface area contributed by atoms with Crippen molar-refractivity contribution in [1.29, 1.82) is 0 Å². The first-order valence-electron chi connectivity index (χ1n) is 8.69. The van der Waals surface area contributed by atoms with Gasteiger partial charge in [-0.15, -0.1) is 5.10 Å². The number of aromatic nitrogens is 3. The summed E-state index contributed by atoms with van der Waals surface area (Å²) >= 11 is 0. The Kier molecular flexibility index (Phi) is 3.84. The van der Waals surface area contributed by atoms with Gasteiger partial charge in [0.1, 0.15) is 17.3 Å². The van der Waals surface area contributed by atoms with Crippen LogP contribution in [-0.2, 0) is 16.8 Å². The summed E-state index contributed by atoms with van der Waals surface area (Å²) in [5.41, 5.74) is 1.72. The van der Waals surface area contributed by atoms with Gasteiger partial charge in [0.15, 0.2) is 0 Å². The van der Waals surface area contributed by atoms with E-state index in [-0.39, 0.29) is 5.91 Å². The lowest BCUT2D eigenvalue weighted by molar-refractivity contribution is -0.119. The molecule has 6 nitrogen and oxygen atoms in total. The highest BCUT2D eigenvalue weighted by Gasteiger charge is 2.35. The quantitative estimate of drug-likeness (QED) is 0.889. The van der Waals surface area contributed by atoms with Crippen LogP contribution < -0.4 is 5.32 Å². The molecular formula is C18H22N4O2. The van der Waals surface area contributed by atoms with Gasteiger partial charge in [0, 0.05) is 5.69 Å². The van der Waals surface area contributed by atoms with E-state index in [2.05, 4.69) is 15.6 Å². The average molecular weight is 326 g/mol. The van der Waals surface area contributed by atoms with E-state index >= 15 is 0 Å². The maximum absolute atomic E-state index is 12.6. The number of hydrogen-bond acceptors (Lipinski definition) is 4. The van der Waals surface area contributed by atoms with Gasteiger partial charge in [-0.2, -0.15) is 0 Å². The van der Waals surface area contributed by atoms with Gasteiger partial charge in [0.2, 0.25) is 5.91 Å². The van der Waals surface area contributed by atoms with Gasteiger partial charge in [-0.25, -0.2) is 4.68 Å². The number of benzene rings is 1. The van der Waals surface area contributed by atoms with Crippen LogP contribution in [0.4, 0.5) is 5.69 Å². The Morgan fingerprint density at radius 2 is 2.00 bits per heavy atom. The smallest absolute Gasteiger partial charge is 0.249 e. The van der Waals surface area contributed by atoms with E-state index in [9.17, 15) is 9.90 Å². The molecule has 1 atom stereocenters. The van der Waals surface area contributed by atoms with Gasteiger partial charge >= 0.3 is 0 Å². The molecule has 6 heteroatoms. The fraction of sp³-hybridized carbons (Fsp3) is 0.500. The molecule has 0 spiro atoms. The van der Waals surface area contributed by atoms with Crippen molar-refractivity contribution >= 4 is 11.6 Å². The number of anilines is 1. The summed E-state index contributed by atoms with van der Waals surface area (Å²) in [4.78, 5) is 12.6. The number of fused-ring (bicyclic) bond motifs is 1. The molecule has 2 aromatic rings. The van der Waals surface area contributed by atoms with Crippen molar-refractivity contribution in [2.45, 2.75) is 56.6 Å². The van der Waals surface area contributed by atoms with Crippen molar-refractivity contribution < 1.29 is 9.90 Å². The van der Waals surface area contributed by atoms with Crippen LogP contribution >= 0.6 is 0 Å². The van der Waals surface area contributed by atoms with Crippen molar-refractivity contribution in [1.82, 2.24) is 15.0 Å². The molecule has 1 aromatic carbocycles. The van der Waals surface area contributed by atoms with E-state index < -0.39 is 11.6 Å². The fourth-order valence-electron chi connectivity index (χ4n) is 3.79. The second kappa shape index (κ2) is 6.02. The zero-order valence-corrected chi connectivity index (χ0v) is 13.6. The normalized spacial score (nSPS) is 23.2. The van der Waals surface area contributed by atoms with Crippen LogP contribution in [0.25, 0.3) is 0 Å². The number of carbonyl (C=O) groups excluding carboxylic acids is 1. The summed E-state index contributed by atoms with van der Waals surface area (Å²) in [5.74, 6) is -0.0768. The first-order valence-corrected chi connectivity index (χ1v) is 8.69. The first-order chi connectivity index (χ1) is 11.7. The minimum Gasteiger partial charge on any atom is -0.383 e. The largest absolute Gasteiger partial charge is 0.383 e. The standard InChI is InChI=1S/C18H22N4O2/c23-17-15(9-8-13-6-2-3-7-14(13)19-17)22-12-16(20-21-22)18(24)10-4-1-5-11-18/h2-3,6-7,12,15,24H,1,4-5,8-11H2,(H,19,23). The molecule has 1 aliphatic carbocycles. The Balaban J connectivity index is 1.57. The number of rotatable bonds is 2. The van der Waals surface area contributed by atoms with Crippen LogP contribution in [-0.4, -0.2) is 26.0 Å². The van der Waals surface area contributed by atoms with Crippen LogP contribution in [0.2, 0.25) is 0 Å². The van der Waals surface area contributed by atoms with E-state index in [1.54, 1.807) is 10.9 Å². The zero-order valence-electron chi connectivity index (χ0n) is 13.6. The number of para-hydroxylation sites is 1. The molecule has 24 heavy (non-hydrogen) atoms. The Morgan fingerprint density at radius 3 is 2.83 bits per heavy atom. The summed E-state index contributed by atoms with van der Waals surface area (Å²) in [6, 6.07) is 7.47. The Bertz CT molecular complexity index is 749. The monoisotopic (exact) mass is 326 g/mol. The fourth-order valence-corrected chi connectivity index (χ4v) is 3.79. The average Bonchev–Trinajstić information content (AvgIpc) is 3.01. The SMILES string of the molecule is O=C1Nc2ccccc2CCC1n1cc(C2(O)CCCCC2)nn1. The molecule has 2 heterocycles. The molecule has 1 saturated carbocycles. The molecule has 1 unspecified atom stereocenters. The Labute approximate surface area is 140 Å². The molecule has 4 rings (SSSR count). The molecule has 0 radical (unpaired) electrons. The highest BCUT2D eigenvalue weighted by molar-refractivity contribution is 5.95. The third kappa shape index (κ3) is 2.71. The number of amides is 1. The number of aliphatic hydroxyl groups is 1. The van der Waals surface area contributed by atoms with E-state index in [0.717, 1.165) is 36.9 Å². The van der Waals surface area contributed by atoms with Crippen molar-refractivity contribution in [3.05, 3.63) is 41.7 Å². The van der Waals surface area contributed by atoms with Gasteiger partial charge in [0.05, 0.1) is 6.20 Å². The Hall–Kier alpha value is -2.21. The van der Waals surface area contributed by atoms with Crippen LogP contribution in [0.1, 0.15) is 55.8 Å². The van der Waals surface area contributed by atoms with Crippen molar-refractivity contribution in [2.24, 2.45) is 0 Å². The Morgan fingerprint density at radius 1 is 1.21 bits per heavy atom. The maximum atomic E-state index is 12.6. The van der Waals surface area contributed by atoms with Crippen molar-refractivity contribution in [3.63, 3.8) is 0 Å². The van der Waals surface area contributed by atoms with Gasteiger partial charge in [-0.3, -0.25) is 4.79 Å². The summed E-state index contributed by atoms with van der Waals surface area (Å²) in [6.07, 6.45) is 7.82. The summed E-state index contributed by atoms with van der Waals surface area (Å²) in [5, 5.41) is 22.1. The van der Waals surface area contributed by atoms with Crippen LogP contribution in [0.5, 0.6) is 0 Å². The van der Waals surface area contributed by atoms with Crippen molar-refractivity contribution in [2.75, 3.05) is 5.32 Å². The maximum Gasteiger partial charge on any atom is 0.249 e. The second-order valence-electron chi connectivity index (χ2n) is 6.88. The topological polar surface area (TPSA) is 80.0 Å². The van der Waals surface area contributed by atoms with Crippen LogP contribution in [0.15, 0.2) is 30.5 Å². The molecule has 2 N–H and O–H groups in total. The minimum absolute atomic E-state index is 0.0768. The lowest BCUT2D eigenvalue weighted by Gasteiger charge is -2.29. The van der Waals surface area contributed by atoms with Gasteiger partial charge in [-0.05, 0) is 37.3 Å². The highest BCUT2D eigenvalue weighted by atomic mass is 16.3. The zero-order chi connectivity index (χ0) is 16.6. The van der Waals surface area contributed by atoms with Crippen LogP contribution in [0, 0.1) is 0 Å². The number of nitrogens with zero attached hydrogens (tertiary/aromatic N) is 3. The summed E-state index contributed by atoms with van der Waals surface area (Å²) in [6.45, 7) is 0. The minimum atomic E-state index is -0.888. The van der Waals surface area contributed by atoms with Gasteiger partial charge in [-0.1, -0.05) is 42.7 Å². The summed E-state index contributed by atoms with van der Waals surface area (Å²) < 4.78 is 1.61. The lowest BCUT2D eigenvalue weighted by Crippen LogP contribution is -2.29. The number of aryl methyl sites for hydroxylation is 1. The molecule has 0 bridgehead atoms. The van der Waals surface area contributed by atoms with Crippen molar-refractivity contribution in [3.8, 4) is 0 Å². The lowest BCUT2D eigenvalue weighted by atomic mass is 9.83. The molecular weight excluding hydrogens is 304 g/mol. The van der Waals surface area contributed by atoms with E-state index in [1.165, 1.54) is 0 Å². The molecule has 126 valence electrons. The molecule has 0 saturated heterocycles. The molecule has 1 fully saturated rings. The van der Waals surface area contributed by atoms with Crippen LogP contribution in [0.3, 0.4) is 0 Å². The molecule has 1 aliphatic heterocycles.